The summed E-state index contributed by atoms with van der Waals surface area (Å²) in [5.41, 5.74) is -2.07. The number of H-pyrrole nitrogens is 1. The second-order valence-electron chi connectivity index (χ2n) is 7.30. The molecule has 0 spiro atoms. The maximum atomic E-state index is 14.6. The van der Waals surface area contributed by atoms with Gasteiger partial charge in [-0.15, -0.1) is 0 Å². The Kier molecular flexibility index (Phi) is 5.90. The lowest BCUT2D eigenvalue weighted by Gasteiger charge is -2.17. The first-order valence-electron chi connectivity index (χ1n) is 9.34. The number of aryl methyl sites for hydroxylation is 3. The number of alkyl halides is 2. The van der Waals surface area contributed by atoms with E-state index < -0.39 is 40.1 Å². The van der Waals surface area contributed by atoms with Crippen molar-refractivity contribution in [2.75, 3.05) is 0 Å². The van der Waals surface area contributed by atoms with E-state index >= 15 is 0 Å². The summed E-state index contributed by atoms with van der Waals surface area (Å²) in [5.74, 6) is -5.81. The highest BCUT2D eigenvalue weighted by molar-refractivity contribution is 5.44. The molecule has 8 nitrogen and oxygen atoms in total. The lowest BCUT2D eigenvalue weighted by molar-refractivity contribution is 0.0100. The molecule has 166 valence electrons. The highest BCUT2D eigenvalue weighted by Crippen LogP contribution is 2.34. The Morgan fingerprint density at radius 3 is 2.53 bits per heavy atom. The number of ether oxygens (including phenoxy) is 1. The Labute approximate surface area is 180 Å². The molecule has 0 atom stereocenters. The Morgan fingerprint density at radius 1 is 1.25 bits per heavy atom. The van der Waals surface area contributed by atoms with Crippen molar-refractivity contribution in [3.8, 4) is 17.6 Å². The van der Waals surface area contributed by atoms with Crippen molar-refractivity contribution in [2.45, 2.75) is 40.2 Å². The number of aromatic nitrogens is 4. The molecule has 0 saturated heterocycles. The smallest absolute Gasteiger partial charge is 0.297 e. The van der Waals surface area contributed by atoms with Gasteiger partial charge in [0.2, 0.25) is 5.75 Å². The molecule has 32 heavy (non-hydrogen) atoms. The monoisotopic (exact) mass is 445 g/mol. The lowest BCUT2D eigenvalue weighted by Crippen LogP contribution is -2.30. The highest BCUT2D eigenvalue weighted by Gasteiger charge is 2.34. The van der Waals surface area contributed by atoms with Crippen molar-refractivity contribution in [3.63, 3.8) is 0 Å². The number of benzene rings is 1. The molecule has 0 aliphatic carbocycles. The summed E-state index contributed by atoms with van der Waals surface area (Å²) < 4.78 is 49.0. The average molecular weight is 445 g/mol. The van der Waals surface area contributed by atoms with E-state index in [0.29, 0.717) is 24.0 Å². The van der Waals surface area contributed by atoms with Gasteiger partial charge in [0.1, 0.15) is 11.9 Å². The van der Waals surface area contributed by atoms with Gasteiger partial charge in [-0.2, -0.15) is 14.0 Å². The molecule has 0 amide bonds. The van der Waals surface area contributed by atoms with Gasteiger partial charge in [-0.3, -0.25) is 14.2 Å². The van der Waals surface area contributed by atoms with Crippen LogP contribution in [0.25, 0.3) is 0 Å². The molecule has 11 heteroatoms. The van der Waals surface area contributed by atoms with E-state index in [1.54, 1.807) is 26.8 Å². The number of nitrogens with zero attached hydrogens (tertiary/aromatic N) is 4. The number of nitrogens with one attached hydrogen (secondary N) is 1. The zero-order valence-corrected chi connectivity index (χ0v) is 17.6. The first-order valence-corrected chi connectivity index (χ1v) is 9.34. The van der Waals surface area contributed by atoms with Crippen molar-refractivity contribution < 1.29 is 17.9 Å². The number of nitriles is 1. The van der Waals surface area contributed by atoms with Crippen molar-refractivity contribution in [2.24, 2.45) is 0 Å². The highest BCUT2D eigenvalue weighted by atomic mass is 19.3. The molecule has 2 aromatic heterocycles. The Morgan fingerprint density at radius 2 is 1.94 bits per heavy atom. The fourth-order valence-corrected chi connectivity index (χ4v) is 3.10. The number of rotatable bonds is 5. The van der Waals surface area contributed by atoms with Gasteiger partial charge in [-0.25, -0.2) is 14.4 Å². The summed E-state index contributed by atoms with van der Waals surface area (Å²) in [7, 11) is 0. The van der Waals surface area contributed by atoms with Crippen molar-refractivity contribution in [1.82, 2.24) is 19.5 Å². The molecule has 1 aromatic carbocycles. The third kappa shape index (κ3) is 4.39. The SMILES string of the molecule is Cc1cc(C#N)c(F)c(Oc2c(C(C)(F)F)ncn(Cc3c(C)nc(C)[nH]c3=O)c2=O)c1. The van der Waals surface area contributed by atoms with Crippen molar-refractivity contribution in [3.05, 3.63) is 78.9 Å². The second kappa shape index (κ2) is 8.30. The maximum Gasteiger partial charge on any atom is 0.297 e. The van der Waals surface area contributed by atoms with Crippen LogP contribution in [0, 0.1) is 37.9 Å². The van der Waals surface area contributed by atoms with Gasteiger partial charge in [0.15, 0.2) is 17.3 Å². The van der Waals surface area contributed by atoms with E-state index in [4.69, 9.17) is 10.00 Å². The Hall–Kier alpha value is -3.94. The van der Waals surface area contributed by atoms with Gasteiger partial charge in [0, 0.05) is 12.6 Å². The number of hydrogen-bond acceptors (Lipinski definition) is 6. The summed E-state index contributed by atoms with van der Waals surface area (Å²) in [6, 6.07) is 4.05. The van der Waals surface area contributed by atoms with E-state index in [2.05, 4.69) is 15.0 Å². The Bertz CT molecular complexity index is 1370. The van der Waals surface area contributed by atoms with Crippen LogP contribution in [0.1, 0.15) is 40.8 Å². The third-order valence-corrected chi connectivity index (χ3v) is 4.60. The molecule has 3 rings (SSSR count). The molecule has 2 heterocycles. The van der Waals surface area contributed by atoms with E-state index in [9.17, 15) is 22.8 Å². The van der Waals surface area contributed by atoms with Crippen LogP contribution in [-0.4, -0.2) is 19.5 Å². The molecule has 3 aromatic rings. The van der Waals surface area contributed by atoms with E-state index in [0.717, 1.165) is 10.9 Å². The zero-order valence-electron chi connectivity index (χ0n) is 17.6. The molecule has 0 bridgehead atoms. The van der Waals surface area contributed by atoms with E-state index in [1.807, 2.05) is 0 Å². The van der Waals surface area contributed by atoms with Crippen LogP contribution in [0.3, 0.4) is 0 Å². The van der Waals surface area contributed by atoms with Crippen LogP contribution in [-0.2, 0) is 12.5 Å². The van der Waals surface area contributed by atoms with Gasteiger partial charge in [0.25, 0.3) is 17.0 Å². The molecule has 0 aliphatic heterocycles. The normalized spacial score (nSPS) is 11.3. The first-order chi connectivity index (χ1) is 14.9. The zero-order chi connectivity index (χ0) is 23.8. The van der Waals surface area contributed by atoms with E-state index in [-0.39, 0.29) is 17.7 Å². The van der Waals surface area contributed by atoms with E-state index in [1.165, 1.54) is 12.1 Å². The van der Waals surface area contributed by atoms with Gasteiger partial charge < -0.3 is 9.72 Å². The van der Waals surface area contributed by atoms with Gasteiger partial charge in [-0.05, 0) is 38.5 Å². The minimum Gasteiger partial charge on any atom is -0.446 e. The molecular formula is C21H18F3N5O3. The predicted molar refractivity (Wildman–Crippen MR) is 107 cm³/mol. The Balaban J connectivity index is 2.18. The van der Waals surface area contributed by atoms with Crippen LogP contribution in [0.5, 0.6) is 11.5 Å². The predicted octanol–water partition coefficient (Wildman–Crippen LogP) is 3.21. The van der Waals surface area contributed by atoms with Crippen LogP contribution in [0.4, 0.5) is 13.2 Å². The molecule has 1 N–H and O–H groups in total. The van der Waals surface area contributed by atoms with Gasteiger partial charge in [0.05, 0.1) is 24.0 Å². The molecule has 0 saturated carbocycles. The summed E-state index contributed by atoms with van der Waals surface area (Å²) >= 11 is 0. The number of aromatic amines is 1. The standard InChI is InChI=1S/C21H18F3N5O3/c1-10-5-13(7-25)16(22)15(6-10)32-17-18(21(4,23)24)26-9-29(20(17)31)8-14-11(2)27-12(3)28-19(14)30/h5-6,9H,8H2,1-4H3,(H,27,28,30). The minimum atomic E-state index is -3.59. The third-order valence-electron chi connectivity index (χ3n) is 4.60. The summed E-state index contributed by atoms with van der Waals surface area (Å²) in [6.45, 7) is 4.88. The van der Waals surface area contributed by atoms with Crippen LogP contribution >= 0.6 is 0 Å². The summed E-state index contributed by atoms with van der Waals surface area (Å²) in [6.07, 6.45) is 0.855. The van der Waals surface area contributed by atoms with Gasteiger partial charge in [-0.1, -0.05) is 0 Å². The van der Waals surface area contributed by atoms with Crippen molar-refractivity contribution >= 4 is 0 Å². The van der Waals surface area contributed by atoms with Crippen LogP contribution in [0.15, 0.2) is 28.0 Å². The van der Waals surface area contributed by atoms with Crippen LogP contribution in [0.2, 0.25) is 0 Å². The quantitative estimate of drug-likeness (QED) is 0.645. The molecule has 0 unspecified atom stereocenters. The number of hydrogen-bond donors (Lipinski definition) is 1. The topological polar surface area (TPSA) is 114 Å². The second-order valence-corrected chi connectivity index (χ2v) is 7.30. The lowest BCUT2D eigenvalue weighted by atomic mass is 10.1. The molecular weight excluding hydrogens is 427 g/mol. The molecule has 0 radical (unpaired) electrons. The largest absolute Gasteiger partial charge is 0.446 e. The fraction of sp³-hybridized carbons (Fsp3) is 0.286. The fourth-order valence-electron chi connectivity index (χ4n) is 3.10. The minimum absolute atomic E-state index is 0.120. The summed E-state index contributed by atoms with van der Waals surface area (Å²) in [5, 5.41) is 9.07. The molecule has 0 aliphatic rings. The van der Waals surface area contributed by atoms with Crippen LogP contribution < -0.4 is 15.9 Å². The van der Waals surface area contributed by atoms with Gasteiger partial charge >= 0.3 is 0 Å². The summed E-state index contributed by atoms with van der Waals surface area (Å²) in [4.78, 5) is 35.6. The number of halogens is 3. The van der Waals surface area contributed by atoms with Crippen molar-refractivity contribution in [1.29, 1.82) is 5.26 Å². The average Bonchev–Trinajstić information content (AvgIpc) is 2.68. The molecule has 0 fully saturated rings. The first kappa shape index (κ1) is 22.7. The maximum absolute atomic E-state index is 14.6.